The highest BCUT2D eigenvalue weighted by Crippen LogP contribution is 2.18. The van der Waals surface area contributed by atoms with Crippen LogP contribution in [0.15, 0.2) is 24.4 Å². The Bertz CT molecular complexity index is 654. The summed E-state index contributed by atoms with van der Waals surface area (Å²) in [4.78, 5) is 8.68. The molecule has 0 saturated carbocycles. The van der Waals surface area contributed by atoms with Gasteiger partial charge in [-0.25, -0.2) is 18.7 Å². The van der Waals surface area contributed by atoms with Gasteiger partial charge in [0.05, 0.1) is 5.69 Å². The molecule has 24 heavy (non-hydrogen) atoms. The van der Waals surface area contributed by atoms with Gasteiger partial charge < -0.3 is 16.4 Å². The van der Waals surface area contributed by atoms with E-state index in [-0.39, 0.29) is 11.7 Å². The summed E-state index contributed by atoms with van der Waals surface area (Å²) in [6, 6.07) is 3.43. The lowest BCUT2D eigenvalue weighted by molar-refractivity contribution is 0.499. The van der Waals surface area contributed by atoms with Crippen LogP contribution in [0, 0.1) is 11.6 Å². The maximum atomic E-state index is 13.3. The number of nitrogens with zero attached hydrogens (tertiary/aromatic N) is 2. The van der Waals surface area contributed by atoms with Crippen molar-refractivity contribution in [2.45, 2.75) is 39.3 Å². The van der Waals surface area contributed by atoms with Crippen molar-refractivity contribution >= 4 is 11.6 Å². The van der Waals surface area contributed by atoms with Crippen molar-refractivity contribution in [1.82, 2.24) is 15.3 Å². The van der Waals surface area contributed by atoms with Gasteiger partial charge >= 0.3 is 0 Å². The lowest BCUT2D eigenvalue weighted by Gasteiger charge is -2.16. The molecule has 1 aromatic heterocycles. The summed E-state index contributed by atoms with van der Waals surface area (Å²) in [6.07, 6.45) is 3.45. The van der Waals surface area contributed by atoms with E-state index in [1.54, 1.807) is 6.20 Å². The Kier molecular flexibility index (Phi) is 6.57. The highest BCUT2D eigenvalue weighted by atomic mass is 19.1. The fourth-order valence-electron chi connectivity index (χ4n) is 2.34. The van der Waals surface area contributed by atoms with E-state index in [2.05, 4.69) is 27.5 Å². The van der Waals surface area contributed by atoms with E-state index in [0.29, 0.717) is 19.0 Å². The van der Waals surface area contributed by atoms with Gasteiger partial charge in [0, 0.05) is 37.1 Å². The van der Waals surface area contributed by atoms with Crippen molar-refractivity contribution in [1.29, 1.82) is 0 Å². The Morgan fingerprint density at radius 1 is 1.17 bits per heavy atom. The summed E-state index contributed by atoms with van der Waals surface area (Å²) in [5, 5.41) is 6.19. The fraction of sp³-hybridized carbons (Fsp3) is 0.412. The number of benzene rings is 1. The Labute approximate surface area is 140 Å². The number of nitrogens with two attached hydrogens (primary N) is 1. The SMILES string of the molecule is CCc1cnc(Nc2cc(F)cc(F)c2)nc1CNC(CC)CN. The third kappa shape index (κ3) is 4.94. The van der Waals surface area contributed by atoms with E-state index < -0.39 is 11.6 Å². The zero-order chi connectivity index (χ0) is 17.5. The van der Waals surface area contributed by atoms with E-state index in [0.717, 1.165) is 30.2 Å². The number of nitrogens with one attached hydrogen (secondary N) is 2. The van der Waals surface area contributed by atoms with Crippen LogP contribution >= 0.6 is 0 Å². The summed E-state index contributed by atoms with van der Waals surface area (Å²) >= 11 is 0. The molecule has 0 spiro atoms. The smallest absolute Gasteiger partial charge is 0.227 e. The van der Waals surface area contributed by atoms with Crippen LogP contribution in [0.5, 0.6) is 0 Å². The summed E-state index contributed by atoms with van der Waals surface area (Å²) in [6.45, 7) is 5.21. The van der Waals surface area contributed by atoms with Gasteiger partial charge in [-0.2, -0.15) is 0 Å². The van der Waals surface area contributed by atoms with Crippen molar-refractivity contribution in [3.63, 3.8) is 0 Å². The average Bonchev–Trinajstić information content (AvgIpc) is 2.55. The summed E-state index contributed by atoms with van der Waals surface area (Å²) in [7, 11) is 0. The Morgan fingerprint density at radius 2 is 1.88 bits per heavy atom. The minimum atomic E-state index is -0.654. The zero-order valence-electron chi connectivity index (χ0n) is 13.9. The molecule has 0 bridgehead atoms. The van der Waals surface area contributed by atoms with E-state index in [9.17, 15) is 8.78 Å². The Balaban J connectivity index is 2.17. The molecule has 1 atom stereocenters. The number of anilines is 2. The van der Waals surface area contributed by atoms with Gasteiger partial charge in [-0.3, -0.25) is 0 Å². The average molecular weight is 335 g/mol. The van der Waals surface area contributed by atoms with Gasteiger partial charge in [0.25, 0.3) is 0 Å². The lowest BCUT2D eigenvalue weighted by Crippen LogP contribution is -2.35. The van der Waals surface area contributed by atoms with Gasteiger partial charge in [-0.15, -0.1) is 0 Å². The second-order valence-corrected chi connectivity index (χ2v) is 5.52. The molecular weight excluding hydrogens is 312 g/mol. The van der Waals surface area contributed by atoms with Crippen LogP contribution in [0.3, 0.4) is 0 Å². The molecule has 0 amide bonds. The largest absolute Gasteiger partial charge is 0.329 e. The predicted octanol–water partition coefficient (Wildman–Crippen LogP) is 2.89. The molecular formula is C17H23F2N5. The highest BCUT2D eigenvalue weighted by Gasteiger charge is 2.10. The molecule has 130 valence electrons. The lowest BCUT2D eigenvalue weighted by atomic mass is 10.1. The predicted molar refractivity (Wildman–Crippen MR) is 91.0 cm³/mol. The van der Waals surface area contributed by atoms with Crippen molar-refractivity contribution in [2.24, 2.45) is 5.73 Å². The van der Waals surface area contributed by atoms with Crippen LogP contribution in [-0.2, 0) is 13.0 Å². The highest BCUT2D eigenvalue weighted by molar-refractivity contribution is 5.53. The third-order valence-corrected chi connectivity index (χ3v) is 3.79. The minimum absolute atomic E-state index is 0.221. The van der Waals surface area contributed by atoms with Gasteiger partial charge in [0.1, 0.15) is 11.6 Å². The number of rotatable bonds is 8. The van der Waals surface area contributed by atoms with E-state index in [1.165, 1.54) is 12.1 Å². The molecule has 5 nitrogen and oxygen atoms in total. The van der Waals surface area contributed by atoms with Crippen molar-refractivity contribution in [3.8, 4) is 0 Å². The van der Waals surface area contributed by atoms with Crippen LogP contribution in [0.1, 0.15) is 31.5 Å². The number of aromatic nitrogens is 2. The summed E-state index contributed by atoms with van der Waals surface area (Å²) in [5.41, 5.74) is 7.83. The van der Waals surface area contributed by atoms with Crippen LogP contribution in [-0.4, -0.2) is 22.6 Å². The molecule has 2 aromatic rings. The number of hydrogen-bond acceptors (Lipinski definition) is 5. The molecule has 2 rings (SSSR count). The normalized spacial score (nSPS) is 12.2. The maximum absolute atomic E-state index is 13.3. The number of halogens is 2. The second-order valence-electron chi connectivity index (χ2n) is 5.52. The Hall–Kier alpha value is -2.12. The second kappa shape index (κ2) is 8.65. The molecule has 1 unspecified atom stereocenters. The standard InChI is InChI=1S/C17H23F2N5/c1-3-11-9-22-17(23-15-6-12(18)5-13(19)7-15)24-16(11)10-21-14(4-2)8-20/h5-7,9,14,21H,3-4,8,10,20H2,1-2H3,(H,22,23,24). The van der Waals surface area contributed by atoms with Crippen LogP contribution in [0.2, 0.25) is 0 Å². The molecule has 0 saturated heterocycles. The van der Waals surface area contributed by atoms with E-state index in [4.69, 9.17) is 5.73 Å². The molecule has 4 N–H and O–H groups in total. The van der Waals surface area contributed by atoms with E-state index >= 15 is 0 Å². The Morgan fingerprint density at radius 3 is 2.46 bits per heavy atom. The quantitative estimate of drug-likeness (QED) is 0.691. The zero-order valence-corrected chi connectivity index (χ0v) is 13.9. The first kappa shape index (κ1) is 18.2. The monoisotopic (exact) mass is 335 g/mol. The molecule has 0 aliphatic rings. The summed E-state index contributed by atoms with van der Waals surface area (Å²) in [5.74, 6) is -1.01. The van der Waals surface area contributed by atoms with Crippen LogP contribution < -0.4 is 16.4 Å². The topological polar surface area (TPSA) is 75.9 Å². The number of aryl methyl sites for hydroxylation is 1. The fourth-order valence-corrected chi connectivity index (χ4v) is 2.34. The molecule has 1 aromatic carbocycles. The van der Waals surface area contributed by atoms with Crippen LogP contribution in [0.4, 0.5) is 20.4 Å². The van der Waals surface area contributed by atoms with Crippen molar-refractivity contribution in [3.05, 3.63) is 47.3 Å². The first-order valence-electron chi connectivity index (χ1n) is 8.07. The molecule has 0 radical (unpaired) electrons. The van der Waals surface area contributed by atoms with Gasteiger partial charge in [-0.1, -0.05) is 13.8 Å². The van der Waals surface area contributed by atoms with Gasteiger partial charge in [0.15, 0.2) is 0 Å². The first-order valence-corrected chi connectivity index (χ1v) is 8.07. The van der Waals surface area contributed by atoms with Crippen molar-refractivity contribution < 1.29 is 8.78 Å². The van der Waals surface area contributed by atoms with E-state index in [1.807, 2.05) is 6.92 Å². The van der Waals surface area contributed by atoms with Crippen molar-refractivity contribution in [2.75, 3.05) is 11.9 Å². The molecule has 0 fully saturated rings. The molecule has 0 aliphatic carbocycles. The molecule has 7 heteroatoms. The first-order chi connectivity index (χ1) is 11.5. The maximum Gasteiger partial charge on any atom is 0.227 e. The summed E-state index contributed by atoms with van der Waals surface area (Å²) < 4.78 is 26.5. The van der Waals surface area contributed by atoms with Crippen LogP contribution in [0.25, 0.3) is 0 Å². The third-order valence-electron chi connectivity index (χ3n) is 3.79. The van der Waals surface area contributed by atoms with Gasteiger partial charge in [0.2, 0.25) is 5.95 Å². The molecule has 1 heterocycles. The van der Waals surface area contributed by atoms with Gasteiger partial charge in [-0.05, 0) is 30.5 Å². The number of hydrogen-bond donors (Lipinski definition) is 3. The molecule has 0 aliphatic heterocycles. The minimum Gasteiger partial charge on any atom is -0.329 e.